The summed E-state index contributed by atoms with van der Waals surface area (Å²) < 4.78 is 22.9. The minimum absolute atomic E-state index is 0.122. The van der Waals surface area contributed by atoms with Crippen molar-refractivity contribution in [1.82, 2.24) is 15.4 Å². The van der Waals surface area contributed by atoms with Gasteiger partial charge in [0.15, 0.2) is 5.82 Å². The van der Waals surface area contributed by atoms with E-state index in [0.717, 1.165) is 0 Å². The first-order valence-corrected chi connectivity index (χ1v) is 5.96. The highest BCUT2D eigenvalue weighted by atomic mass is 19.1. The zero-order valence-electron chi connectivity index (χ0n) is 10.8. The maximum absolute atomic E-state index is 12.8. The summed E-state index contributed by atoms with van der Waals surface area (Å²) in [5, 5.41) is 13.4. The standard InChI is InChI=1S/C13H9FN4O3/c1-7-6-10(18-21-7)15-11(19)13-17-16-12(20-13)8-2-4-9(14)5-3-8/h2-6H,1H3,(H,15,18,19). The fourth-order valence-corrected chi connectivity index (χ4v) is 1.62. The summed E-state index contributed by atoms with van der Waals surface area (Å²) in [6, 6.07) is 7.03. The number of nitrogens with zero attached hydrogens (tertiary/aromatic N) is 3. The lowest BCUT2D eigenvalue weighted by molar-refractivity contribution is 0.0990. The Morgan fingerprint density at radius 1 is 1.24 bits per heavy atom. The van der Waals surface area contributed by atoms with Gasteiger partial charge in [0.05, 0.1) is 0 Å². The predicted molar refractivity (Wildman–Crippen MR) is 68.9 cm³/mol. The molecule has 106 valence electrons. The van der Waals surface area contributed by atoms with E-state index in [1.165, 1.54) is 24.3 Å². The number of rotatable bonds is 3. The lowest BCUT2D eigenvalue weighted by Crippen LogP contribution is -2.12. The molecule has 0 aliphatic rings. The van der Waals surface area contributed by atoms with Gasteiger partial charge in [-0.2, -0.15) is 0 Å². The van der Waals surface area contributed by atoms with E-state index >= 15 is 0 Å². The molecule has 3 aromatic rings. The number of nitrogens with one attached hydrogen (secondary N) is 1. The molecule has 0 radical (unpaired) electrons. The summed E-state index contributed by atoms with van der Waals surface area (Å²) in [6.45, 7) is 1.70. The maximum Gasteiger partial charge on any atom is 0.314 e. The smallest absolute Gasteiger partial charge is 0.314 e. The topological polar surface area (TPSA) is 94.1 Å². The highest BCUT2D eigenvalue weighted by Crippen LogP contribution is 2.18. The molecular weight excluding hydrogens is 279 g/mol. The van der Waals surface area contributed by atoms with Gasteiger partial charge in [0.2, 0.25) is 5.89 Å². The number of aryl methyl sites for hydroxylation is 1. The van der Waals surface area contributed by atoms with E-state index in [1.54, 1.807) is 13.0 Å². The van der Waals surface area contributed by atoms with Gasteiger partial charge in [0, 0.05) is 11.6 Å². The third kappa shape index (κ3) is 2.78. The van der Waals surface area contributed by atoms with Crippen LogP contribution >= 0.6 is 0 Å². The highest BCUT2D eigenvalue weighted by Gasteiger charge is 2.17. The van der Waals surface area contributed by atoms with Crippen LogP contribution in [0.1, 0.15) is 16.4 Å². The van der Waals surface area contributed by atoms with Gasteiger partial charge in [-0.15, -0.1) is 10.2 Å². The summed E-state index contributed by atoms with van der Waals surface area (Å²) >= 11 is 0. The molecule has 0 aliphatic heterocycles. The monoisotopic (exact) mass is 288 g/mol. The fourth-order valence-electron chi connectivity index (χ4n) is 1.62. The third-order valence-corrected chi connectivity index (χ3v) is 2.58. The average molecular weight is 288 g/mol. The van der Waals surface area contributed by atoms with Crippen molar-refractivity contribution in [2.24, 2.45) is 0 Å². The Hall–Kier alpha value is -3.03. The van der Waals surface area contributed by atoms with Crippen LogP contribution in [0.15, 0.2) is 39.3 Å². The van der Waals surface area contributed by atoms with Crippen LogP contribution in [-0.4, -0.2) is 21.3 Å². The first kappa shape index (κ1) is 13.0. The van der Waals surface area contributed by atoms with E-state index in [0.29, 0.717) is 11.3 Å². The highest BCUT2D eigenvalue weighted by molar-refractivity contribution is 6.00. The van der Waals surface area contributed by atoms with E-state index < -0.39 is 5.91 Å². The van der Waals surface area contributed by atoms with Gasteiger partial charge in [-0.05, 0) is 31.2 Å². The van der Waals surface area contributed by atoms with Gasteiger partial charge in [-0.1, -0.05) is 5.16 Å². The van der Waals surface area contributed by atoms with Crippen molar-refractivity contribution in [2.45, 2.75) is 6.92 Å². The molecule has 1 N–H and O–H groups in total. The lowest BCUT2D eigenvalue weighted by atomic mass is 10.2. The molecule has 1 aromatic carbocycles. The molecule has 0 bridgehead atoms. The Morgan fingerprint density at radius 3 is 2.67 bits per heavy atom. The summed E-state index contributed by atoms with van der Waals surface area (Å²) in [7, 11) is 0. The second kappa shape index (κ2) is 5.16. The van der Waals surface area contributed by atoms with Crippen molar-refractivity contribution >= 4 is 11.7 Å². The quantitative estimate of drug-likeness (QED) is 0.795. The number of carbonyl (C=O) groups excluding carboxylic acids is 1. The second-order valence-corrected chi connectivity index (χ2v) is 4.20. The molecule has 0 atom stereocenters. The number of carbonyl (C=O) groups is 1. The molecule has 7 nitrogen and oxygen atoms in total. The van der Waals surface area contributed by atoms with Crippen LogP contribution in [0.5, 0.6) is 0 Å². The number of amides is 1. The fraction of sp³-hybridized carbons (Fsp3) is 0.0769. The Morgan fingerprint density at radius 2 is 2.00 bits per heavy atom. The average Bonchev–Trinajstić information content (AvgIpc) is 3.09. The van der Waals surface area contributed by atoms with E-state index in [4.69, 9.17) is 8.94 Å². The minimum atomic E-state index is -0.607. The predicted octanol–water partition coefficient (Wildman–Crippen LogP) is 2.42. The second-order valence-electron chi connectivity index (χ2n) is 4.20. The Balaban J connectivity index is 1.78. The van der Waals surface area contributed by atoms with E-state index in [2.05, 4.69) is 20.7 Å². The van der Waals surface area contributed by atoms with Gasteiger partial charge in [-0.25, -0.2) is 4.39 Å². The Kier molecular flexibility index (Phi) is 3.19. The number of benzene rings is 1. The number of hydrogen-bond donors (Lipinski definition) is 1. The molecule has 1 amide bonds. The number of halogens is 1. The molecule has 21 heavy (non-hydrogen) atoms. The van der Waals surface area contributed by atoms with E-state index in [1.807, 2.05) is 0 Å². The molecule has 2 heterocycles. The number of hydrogen-bond acceptors (Lipinski definition) is 6. The van der Waals surface area contributed by atoms with Crippen LogP contribution < -0.4 is 5.32 Å². The van der Waals surface area contributed by atoms with Crippen LogP contribution in [0.25, 0.3) is 11.5 Å². The van der Waals surface area contributed by atoms with E-state index in [-0.39, 0.29) is 23.4 Å². The molecule has 0 spiro atoms. The van der Waals surface area contributed by atoms with Crippen LogP contribution in [0, 0.1) is 12.7 Å². The minimum Gasteiger partial charge on any atom is -0.412 e. The van der Waals surface area contributed by atoms with Crippen molar-refractivity contribution < 1.29 is 18.1 Å². The molecule has 0 unspecified atom stereocenters. The summed E-state index contributed by atoms with van der Waals surface area (Å²) in [4.78, 5) is 11.9. The third-order valence-electron chi connectivity index (χ3n) is 2.58. The van der Waals surface area contributed by atoms with Gasteiger partial charge in [-0.3, -0.25) is 10.1 Å². The van der Waals surface area contributed by atoms with Crippen molar-refractivity contribution in [3.63, 3.8) is 0 Å². The molecule has 0 fully saturated rings. The molecule has 3 rings (SSSR count). The van der Waals surface area contributed by atoms with Gasteiger partial charge in [0.25, 0.3) is 0 Å². The molecule has 2 aromatic heterocycles. The van der Waals surface area contributed by atoms with Crippen LogP contribution in [0.4, 0.5) is 10.2 Å². The number of aromatic nitrogens is 3. The normalized spacial score (nSPS) is 10.6. The molecular formula is C13H9FN4O3. The zero-order valence-corrected chi connectivity index (χ0v) is 10.8. The van der Waals surface area contributed by atoms with Crippen molar-refractivity contribution in [3.05, 3.63) is 47.8 Å². The maximum atomic E-state index is 12.8. The van der Waals surface area contributed by atoms with E-state index in [9.17, 15) is 9.18 Å². The van der Waals surface area contributed by atoms with Crippen LogP contribution in [-0.2, 0) is 0 Å². The van der Waals surface area contributed by atoms with Gasteiger partial charge < -0.3 is 8.94 Å². The van der Waals surface area contributed by atoms with Crippen molar-refractivity contribution in [2.75, 3.05) is 5.32 Å². The van der Waals surface area contributed by atoms with Crippen molar-refractivity contribution in [3.8, 4) is 11.5 Å². The molecule has 0 saturated heterocycles. The van der Waals surface area contributed by atoms with Gasteiger partial charge in [0.1, 0.15) is 11.6 Å². The first-order chi connectivity index (χ1) is 10.1. The molecule has 8 heteroatoms. The Bertz CT molecular complexity index is 779. The summed E-state index contributed by atoms with van der Waals surface area (Å²) in [5.41, 5.74) is 0.514. The first-order valence-electron chi connectivity index (χ1n) is 5.96. The Labute approximate surface area is 117 Å². The van der Waals surface area contributed by atoms with Gasteiger partial charge >= 0.3 is 11.8 Å². The lowest BCUT2D eigenvalue weighted by Gasteiger charge is -1.95. The number of anilines is 1. The summed E-state index contributed by atoms with van der Waals surface area (Å²) in [6.07, 6.45) is 0. The van der Waals surface area contributed by atoms with Crippen LogP contribution in [0.2, 0.25) is 0 Å². The zero-order chi connectivity index (χ0) is 14.8. The molecule has 0 saturated carbocycles. The largest absolute Gasteiger partial charge is 0.412 e. The molecule has 0 aliphatic carbocycles. The summed E-state index contributed by atoms with van der Waals surface area (Å²) in [5.74, 6) is -0.282. The van der Waals surface area contributed by atoms with Crippen LogP contribution in [0.3, 0.4) is 0 Å². The van der Waals surface area contributed by atoms with Crippen molar-refractivity contribution in [1.29, 1.82) is 0 Å². The SMILES string of the molecule is Cc1cc(NC(=O)c2nnc(-c3ccc(F)cc3)o2)no1.